The highest BCUT2D eigenvalue weighted by molar-refractivity contribution is 6.09. The van der Waals surface area contributed by atoms with E-state index in [4.69, 9.17) is 30.3 Å². The minimum absolute atomic E-state index is 0.0639. The Morgan fingerprint density at radius 1 is 0.571 bits per heavy atom. The third kappa shape index (κ3) is 7.65. The second-order valence-corrected chi connectivity index (χ2v) is 20.5. The lowest BCUT2D eigenvalue weighted by Crippen LogP contribution is -2.33. The lowest BCUT2D eigenvalue weighted by atomic mass is 9.63. The first-order valence-corrected chi connectivity index (χ1v) is 25.0. The van der Waals surface area contributed by atoms with Crippen molar-refractivity contribution in [2.75, 3.05) is 0 Å². The highest BCUT2D eigenvalue weighted by Gasteiger charge is 2.37. The highest BCUT2D eigenvalue weighted by atomic mass is 16.5. The van der Waals surface area contributed by atoms with Crippen LogP contribution in [0.15, 0.2) is 212 Å². The van der Waals surface area contributed by atoms with Crippen molar-refractivity contribution in [3.63, 3.8) is 0 Å². The van der Waals surface area contributed by atoms with Crippen LogP contribution in [-0.2, 0) is 16.2 Å². The van der Waals surface area contributed by atoms with E-state index >= 15 is 0 Å². The number of nitrogens with zero attached hydrogens (tertiary/aromatic N) is 4. The van der Waals surface area contributed by atoms with E-state index in [2.05, 4.69) is 43.8 Å². The standard InChI is InChI=1S/C72H60N4O/c1-70(2,3)49-36-39-73-67(42-49)76-64-28-14-13-24-57(64)58-34-32-52(44-66(58)76)77-51-21-15-20-50(43-51)74-45-75-68-53(46-18-9-8-10-19-46)25-16-26-60(68)61-40-47(48-31-35-62-63(41-48)72(6,7)38-37-71(62,4)5)30-33-56(61)54-22-11-12-23-55(54)59-27-17-29-65(74)69(59)75/h8-36,39-44H,37-38H2,1-7H3/i4D3,5D3,6D3,7D3,8D,9D,10D,18D,19D,31D,35D,37D2,38D2,41D. The van der Waals surface area contributed by atoms with Crippen LogP contribution in [-0.4, -0.2) is 14.1 Å². The van der Waals surface area contributed by atoms with Gasteiger partial charge in [-0.25, -0.2) is 4.98 Å². The third-order valence-electron chi connectivity index (χ3n) is 14.6. The fraction of sp³-hybridized carbons (Fsp3) is 0.167. The molecule has 0 fully saturated rings. The molecule has 0 radical (unpaired) electrons. The average Bonchev–Trinajstić information content (AvgIpc) is 1.10. The van der Waals surface area contributed by atoms with Gasteiger partial charge in [-0.1, -0.05) is 194 Å². The number of pyridine rings is 1. The molecule has 374 valence electrons. The van der Waals surface area contributed by atoms with Gasteiger partial charge >= 0.3 is 0 Å². The Bertz CT molecular complexity index is 5460. The summed E-state index contributed by atoms with van der Waals surface area (Å²) in [6.07, 6.45) is -3.71. The number of fused-ring (bicyclic) bond motifs is 11. The maximum atomic E-state index is 10.1. The Hall–Kier alpha value is -8.80. The molecule has 1 aliphatic carbocycles. The predicted molar refractivity (Wildman–Crippen MR) is 317 cm³/mol. The molecule has 77 heavy (non-hydrogen) atoms. The van der Waals surface area contributed by atoms with Crippen molar-refractivity contribution in [1.82, 2.24) is 14.1 Å². The summed E-state index contributed by atoms with van der Waals surface area (Å²) in [5.41, 5.74) is -6.27. The highest BCUT2D eigenvalue weighted by Crippen LogP contribution is 2.50. The van der Waals surface area contributed by atoms with Crippen LogP contribution in [0.25, 0.3) is 106 Å². The SMILES string of the molecule is [2H]c1c([2H])c([2H])c(-c2cccc3c2-[n+]2[c-]n(-c4cccc(Oc5ccc6c7ccccc7n(-c7cc(C(C)(C)C)ccn7)c6c5)c4)c4cccc(c42)-c2ccccc2-c2ccc(-c4c([2H])c([2H])c5c(c4[2H])C(C([2H])([2H])[2H])(C([2H])([2H])[2H])C([2H])([2H])C([2H])([2H])C5(C([2H])([2H])[2H])C([2H])([2H])[2H])cc2-3)c([2H])c1[2H]. The molecule has 0 bridgehead atoms. The number of aromatic nitrogens is 4. The van der Waals surface area contributed by atoms with Gasteiger partial charge < -0.3 is 4.74 Å². The Morgan fingerprint density at radius 3 is 2.09 bits per heavy atom. The summed E-state index contributed by atoms with van der Waals surface area (Å²) >= 11 is 0. The summed E-state index contributed by atoms with van der Waals surface area (Å²) in [6.45, 7) is -10.7. The number of hydrogen-bond acceptors (Lipinski definition) is 2. The molecule has 0 atom stereocenters. The van der Waals surface area contributed by atoms with Gasteiger partial charge in [-0.05, 0) is 156 Å². The first kappa shape index (κ1) is 27.8. The van der Waals surface area contributed by atoms with Gasteiger partial charge in [0, 0.05) is 45.0 Å². The van der Waals surface area contributed by atoms with E-state index in [1.54, 1.807) is 57.7 Å². The van der Waals surface area contributed by atoms with Crippen LogP contribution < -0.4 is 9.30 Å². The van der Waals surface area contributed by atoms with Crippen molar-refractivity contribution in [2.45, 2.75) is 77.2 Å². The molecule has 3 aromatic heterocycles. The monoisotopic (exact) mass is 1020 g/mol. The zero-order valence-electron chi connectivity index (χ0n) is 65.8. The molecular formula is C72H60N4O. The molecule has 14 rings (SSSR count). The van der Waals surface area contributed by atoms with E-state index in [1.807, 2.05) is 91.1 Å². The van der Waals surface area contributed by atoms with Gasteiger partial charge in [-0.2, -0.15) is 0 Å². The van der Waals surface area contributed by atoms with Crippen molar-refractivity contribution < 1.29 is 42.2 Å². The molecule has 12 aromatic rings. The molecule has 5 heteroatoms. The van der Waals surface area contributed by atoms with Crippen LogP contribution in [0.5, 0.6) is 11.5 Å². The predicted octanol–water partition coefficient (Wildman–Crippen LogP) is 18.3. The first-order valence-electron chi connectivity index (χ1n) is 37.0. The Kier molecular flexibility index (Phi) is 6.28. The van der Waals surface area contributed by atoms with E-state index < -0.39 is 116 Å². The lowest BCUT2D eigenvalue weighted by molar-refractivity contribution is -0.570. The number of para-hydroxylation sites is 3. The van der Waals surface area contributed by atoms with Crippen LogP contribution in [0.2, 0.25) is 0 Å². The topological polar surface area (TPSA) is 35.9 Å². The van der Waals surface area contributed by atoms with Crippen LogP contribution in [0, 0.1) is 6.33 Å². The maximum Gasteiger partial charge on any atom is 0.269 e. The fourth-order valence-electron chi connectivity index (χ4n) is 10.9. The summed E-state index contributed by atoms with van der Waals surface area (Å²) in [4.78, 5) is 4.85. The third-order valence-corrected chi connectivity index (χ3v) is 14.6. The number of ether oxygens (including phenoxy) is 1. The first-order chi connectivity index (χ1) is 47.2. The number of benzene rings is 9. The van der Waals surface area contributed by atoms with E-state index in [-0.39, 0.29) is 38.9 Å². The second kappa shape index (κ2) is 17.4. The van der Waals surface area contributed by atoms with Crippen LogP contribution >= 0.6 is 0 Å². The smallest absolute Gasteiger partial charge is 0.269 e. The Balaban J connectivity index is 1.04. The Morgan fingerprint density at radius 2 is 1.26 bits per heavy atom. The summed E-state index contributed by atoms with van der Waals surface area (Å²) in [6, 6.07) is 40.0. The molecule has 0 saturated carbocycles. The Labute approximate surface area is 485 Å². The lowest BCUT2D eigenvalue weighted by Gasteiger charge is -2.42. The number of rotatable bonds is 6. The molecule has 2 aliphatic rings. The number of imidazole rings is 1. The van der Waals surface area contributed by atoms with Crippen LogP contribution in [0.1, 0.15) is 111 Å². The van der Waals surface area contributed by atoms with E-state index in [0.717, 1.165) is 33.2 Å². The summed E-state index contributed by atoms with van der Waals surface area (Å²) < 4.78 is 232. The summed E-state index contributed by atoms with van der Waals surface area (Å²) in [5, 5.41) is 1.99. The molecule has 0 N–H and O–H groups in total. The van der Waals surface area contributed by atoms with Crippen LogP contribution in [0.4, 0.5) is 0 Å². The van der Waals surface area contributed by atoms with Gasteiger partial charge in [0.15, 0.2) is 0 Å². The second-order valence-electron chi connectivity index (χ2n) is 20.5. The quantitative estimate of drug-likeness (QED) is 0.123. The zero-order chi connectivity index (χ0) is 72.9. The van der Waals surface area contributed by atoms with Gasteiger partial charge in [-0.15, -0.1) is 0 Å². The largest absolute Gasteiger partial charge is 0.458 e. The summed E-state index contributed by atoms with van der Waals surface area (Å²) in [7, 11) is 0. The van der Waals surface area contributed by atoms with E-state index in [9.17, 15) is 12.3 Å². The zero-order valence-corrected chi connectivity index (χ0v) is 41.8. The van der Waals surface area contributed by atoms with Crippen molar-refractivity contribution in [3.05, 3.63) is 235 Å². The average molecular weight is 1020 g/mol. The number of hydrogen-bond donors (Lipinski definition) is 0. The maximum absolute atomic E-state index is 10.1. The van der Waals surface area contributed by atoms with Crippen molar-refractivity contribution >= 4 is 32.8 Å². The van der Waals surface area contributed by atoms with E-state index in [1.165, 1.54) is 12.1 Å². The van der Waals surface area contributed by atoms with Gasteiger partial charge in [0.1, 0.15) is 17.3 Å². The molecule has 9 aromatic carbocycles. The van der Waals surface area contributed by atoms with Gasteiger partial charge in [0.2, 0.25) is 0 Å². The molecule has 0 spiro atoms. The van der Waals surface area contributed by atoms with Gasteiger partial charge in [-0.3, -0.25) is 13.7 Å². The molecular weight excluding hydrogens is 937 g/mol. The molecule has 0 unspecified atom stereocenters. The van der Waals surface area contributed by atoms with Crippen molar-refractivity contribution in [2.24, 2.45) is 0 Å². The minimum atomic E-state index is -4.56. The molecule has 4 heterocycles. The van der Waals surface area contributed by atoms with E-state index in [0.29, 0.717) is 50.5 Å². The normalized spacial score (nSPS) is 20.8. The summed E-state index contributed by atoms with van der Waals surface area (Å²) in [5.74, 6) is 1.64. The van der Waals surface area contributed by atoms with Crippen molar-refractivity contribution in [1.29, 1.82) is 0 Å². The molecule has 5 nitrogen and oxygen atoms in total. The molecule has 0 saturated heterocycles. The fourth-order valence-corrected chi connectivity index (χ4v) is 10.9. The molecule has 1 aliphatic heterocycles. The van der Waals surface area contributed by atoms with Gasteiger partial charge in [0.05, 0.1) is 44.4 Å². The minimum Gasteiger partial charge on any atom is -0.458 e. The molecule has 0 amide bonds. The van der Waals surface area contributed by atoms with Crippen LogP contribution in [0.3, 0.4) is 0 Å². The van der Waals surface area contributed by atoms with Gasteiger partial charge in [0.25, 0.3) is 6.33 Å². The van der Waals surface area contributed by atoms with Crippen molar-refractivity contribution in [3.8, 4) is 84.3 Å².